The van der Waals surface area contributed by atoms with Crippen molar-refractivity contribution in [2.75, 3.05) is 11.9 Å². The molecule has 0 atom stereocenters. The minimum Gasteiger partial charge on any atom is -0.493 e. The Bertz CT molecular complexity index is 1230. The summed E-state index contributed by atoms with van der Waals surface area (Å²) < 4.78 is 46.6. The van der Waals surface area contributed by atoms with E-state index in [0.29, 0.717) is 22.9 Å². The van der Waals surface area contributed by atoms with Crippen LogP contribution in [-0.2, 0) is 12.6 Å². The number of aryl methyl sites for hydroxylation is 2. The van der Waals surface area contributed by atoms with Gasteiger partial charge in [-0.1, -0.05) is 24.3 Å². The average Bonchev–Trinajstić information content (AvgIpc) is 3.29. The molecule has 1 N–H and O–H groups in total. The first-order valence-electron chi connectivity index (χ1n) is 10.9. The number of rotatable bonds is 9. The standard InChI is InChI=1S/C26H24F3N3OS/c1-18-7-2-3-8-19(18)9-4-5-14-33-24-12-11-21(15-22(24)26(27,28)29)31-25-32-23(17-34-25)20-10-6-13-30-16-20/h2-3,6-8,10-13,15-17H,4-5,9,14H2,1H3,(H,31,32). The number of hydrogen-bond donors (Lipinski definition) is 1. The Kier molecular flexibility index (Phi) is 7.47. The average molecular weight is 484 g/mol. The molecule has 176 valence electrons. The van der Waals surface area contributed by atoms with Crippen LogP contribution in [0.15, 0.2) is 72.4 Å². The number of anilines is 2. The van der Waals surface area contributed by atoms with E-state index in [1.807, 2.05) is 23.6 Å². The lowest BCUT2D eigenvalue weighted by Gasteiger charge is -2.16. The lowest BCUT2D eigenvalue weighted by Crippen LogP contribution is -2.10. The molecule has 0 spiro atoms. The smallest absolute Gasteiger partial charge is 0.420 e. The fourth-order valence-corrected chi connectivity index (χ4v) is 4.29. The number of benzene rings is 2. The third-order valence-electron chi connectivity index (χ3n) is 5.36. The number of ether oxygens (including phenoxy) is 1. The molecular formula is C26H24F3N3OS. The molecule has 4 aromatic rings. The molecule has 2 aromatic heterocycles. The summed E-state index contributed by atoms with van der Waals surface area (Å²) in [5, 5.41) is 5.29. The monoisotopic (exact) mass is 483 g/mol. The van der Waals surface area contributed by atoms with Gasteiger partial charge in [0.05, 0.1) is 17.9 Å². The predicted octanol–water partition coefficient (Wildman–Crippen LogP) is 7.68. The minimum atomic E-state index is -4.53. The third kappa shape index (κ3) is 6.14. The fourth-order valence-electron chi connectivity index (χ4n) is 3.55. The second-order valence-corrected chi connectivity index (χ2v) is 8.70. The molecule has 0 bridgehead atoms. The van der Waals surface area contributed by atoms with Gasteiger partial charge in [-0.15, -0.1) is 11.3 Å². The summed E-state index contributed by atoms with van der Waals surface area (Å²) in [6.07, 6.45) is 1.21. The van der Waals surface area contributed by atoms with Gasteiger partial charge in [0, 0.05) is 29.0 Å². The Morgan fingerprint density at radius 3 is 2.65 bits per heavy atom. The number of aromatic nitrogens is 2. The summed E-state index contributed by atoms with van der Waals surface area (Å²) in [7, 11) is 0. The number of thiazole rings is 1. The van der Waals surface area contributed by atoms with E-state index in [1.165, 1.54) is 28.5 Å². The number of hydrogen-bond acceptors (Lipinski definition) is 5. The Morgan fingerprint density at radius 1 is 1.03 bits per heavy atom. The molecule has 34 heavy (non-hydrogen) atoms. The third-order valence-corrected chi connectivity index (χ3v) is 6.11. The SMILES string of the molecule is Cc1ccccc1CCCCOc1ccc(Nc2nc(-c3cccnc3)cs2)cc1C(F)(F)F. The normalized spacial score (nSPS) is 11.4. The highest BCUT2D eigenvalue weighted by molar-refractivity contribution is 7.14. The zero-order valence-corrected chi connectivity index (χ0v) is 19.4. The molecule has 4 rings (SSSR count). The molecule has 0 fully saturated rings. The van der Waals surface area contributed by atoms with Gasteiger partial charge < -0.3 is 10.1 Å². The van der Waals surface area contributed by atoms with Crippen molar-refractivity contribution in [1.82, 2.24) is 9.97 Å². The Balaban J connectivity index is 1.38. The van der Waals surface area contributed by atoms with E-state index in [1.54, 1.807) is 24.5 Å². The van der Waals surface area contributed by atoms with Crippen molar-refractivity contribution in [3.8, 4) is 17.0 Å². The number of nitrogens with zero attached hydrogens (tertiary/aromatic N) is 2. The number of unbranched alkanes of at least 4 members (excludes halogenated alkanes) is 1. The maximum absolute atomic E-state index is 13.7. The van der Waals surface area contributed by atoms with E-state index < -0.39 is 11.7 Å². The highest BCUT2D eigenvalue weighted by Crippen LogP contribution is 2.39. The van der Waals surface area contributed by atoms with Gasteiger partial charge in [-0.25, -0.2) is 4.98 Å². The van der Waals surface area contributed by atoms with Crippen LogP contribution >= 0.6 is 11.3 Å². The van der Waals surface area contributed by atoms with Gasteiger partial charge in [-0.2, -0.15) is 13.2 Å². The summed E-state index contributed by atoms with van der Waals surface area (Å²) in [6, 6.07) is 15.8. The van der Waals surface area contributed by atoms with E-state index in [0.717, 1.165) is 24.5 Å². The summed E-state index contributed by atoms with van der Waals surface area (Å²) in [6.45, 7) is 2.28. The number of alkyl halides is 3. The van der Waals surface area contributed by atoms with Crippen molar-refractivity contribution in [3.05, 3.63) is 89.1 Å². The van der Waals surface area contributed by atoms with Crippen molar-refractivity contribution in [3.63, 3.8) is 0 Å². The molecule has 0 amide bonds. The van der Waals surface area contributed by atoms with Gasteiger partial charge in [-0.3, -0.25) is 4.98 Å². The molecule has 0 radical (unpaired) electrons. The highest BCUT2D eigenvalue weighted by atomic mass is 32.1. The largest absolute Gasteiger partial charge is 0.493 e. The van der Waals surface area contributed by atoms with Crippen LogP contribution in [0, 0.1) is 6.92 Å². The van der Waals surface area contributed by atoms with Gasteiger partial charge in [0.15, 0.2) is 5.13 Å². The van der Waals surface area contributed by atoms with E-state index in [-0.39, 0.29) is 12.4 Å². The topological polar surface area (TPSA) is 47.0 Å². The Hall–Kier alpha value is -3.39. The van der Waals surface area contributed by atoms with Crippen molar-refractivity contribution in [2.45, 2.75) is 32.4 Å². The van der Waals surface area contributed by atoms with E-state index in [4.69, 9.17) is 4.74 Å². The molecular weight excluding hydrogens is 459 g/mol. The van der Waals surface area contributed by atoms with Gasteiger partial charge >= 0.3 is 6.18 Å². The first-order chi connectivity index (χ1) is 16.4. The number of nitrogens with one attached hydrogen (secondary N) is 1. The second-order valence-electron chi connectivity index (χ2n) is 7.85. The van der Waals surface area contributed by atoms with Crippen molar-refractivity contribution >= 4 is 22.2 Å². The maximum Gasteiger partial charge on any atom is 0.420 e. The maximum atomic E-state index is 13.7. The van der Waals surface area contributed by atoms with E-state index in [2.05, 4.69) is 34.3 Å². The van der Waals surface area contributed by atoms with Crippen LogP contribution in [-0.4, -0.2) is 16.6 Å². The van der Waals surface area contributed by atoms with E-state index in [9.17, 15) is 13.2 Å². The highest BCUT2D eigenvalue weighted by Gasteiger charge is 2.34. The molecule has 0 aliphatic heterocycles. The first-order valence-corrected chi connectivity index (χ1v) is 11.8. The summed E-state index contributed by atoms with van der Waals surface area (Å²) in [4.78, 5) is 8.51. The zero-order valence-electron chi connectivity index (χ0n) is 18.6. The van der Waals surface area contributed by atoms with Crippen molar-refractivity contribution in [1.29, 1.82) is 0 Å². The molecule has 0 aliphatic rings. The molecule has 2 heterocycles. The van der Waals surface area contributed by atoms with Gasteiger partial charge in [-0.05, 0) is 67.6 Å². The summed E-state index contributed by atoms with van der Waals surface area (Å²) in [5.74, 6) is -0.163. The van der Waals surface area contributed by atoms with Crippen LogP contribution in [0.25, 0.3) is 11.3 Å². The van der Waals surface area contributed by atoms with Crippen LogP contribution in [0.3, 0.4) is 0 Å². The molecule has 0 unspecified atom stereocenters. The van der Waals surface area contributed by atoms with Crippen LogP contribution in [0.2, 0.25) is 0 Å². The Labute approximate surface area is 200 Å². The molecule has 4 nitrogen and oxygen atoms in total. The molecule has 0 saturated carbocycles. The lowest BCUT2D eigenvalue weighted by atomic mass is 10.0. The molecule has 0 saturated heterocycles. The van der Waals surface area contributed by atoms with Crippen LogP contribution in [0.5, 0.6) is 5.75 Å². The minimum absolute atomic E-state index is 0.163. The molecule has 2 aromatic carbocycles. The Morgan fingerprint density at radius 2 is 1.88 bits per heavy atom. The van der Waals surface area contributed by atoms with E-state index >= 15 is 0 Å². The quantitative estimate of drug-likeness (QED) is 0.248. The van der Waals surface area contributed by atoms with Crippen molar-refractivity contribution < 1.29 is 17.9 Å². The number of halogens is 3. The first kappa shape index (κ1) is 23.8. The lowest BCUT2D eigenvalue weighted by molar-refractivity contribution is -0.138. The molecule has 0 aliphatic carbocycles. The van der Waals surface area contributed by atoms with Gasteiger partial charge in [0.1, 0.15) is 5.75 Å². The fraction of sp³-hybridized carbons (Fsp3) is 0.231. The summed E-state index contributed by atoms with van der Waals surface area (Å²) >= 11 is 1.31. The van der Waals surface area contributed by atoms with Crippen LogP contribution in [0.1, 0.15) is 29.5 Å². The zero-order chi connectivity index (χ0) is 24.0. The van der Waals surface area contributed by atoms with Crippen LogP contribution < -0.4 is 10.1 Å². The second kappa shape index (κ2) is 10.7. The number of pyridine rings is 1. The molecule has 8 heteroatoms. The summed E-state index contributed by atoms with van der Waals surface area (Å²) in [5.41, 5.74) is 3.52. The van der Waals surface area contributed by atoms with Gasteiger partial charge in [0.25, 0.3) is 0 Å². The predicted molar refractivity (Wildman–Crippen MR) is 130 cm³/mol. The van der Waals surface area contributed by atoms with Crippen LogP contribution in [0.4, 0.5) is 24.0 Å². The van der Waals surface area contributed by atoms with Crippen molar-refractivity contribution in [2.24, 2.45) is 0 Å². The van der Waals surface area contributed by atoms with Gasteiger partial charge in [0.2, 0.25) is 0 Å².